The SMILES string of the molecule is [CH2]CCCCCCCOCCCCCCOc1ccccc1. The van der Waals surface area contributed by atoms with Gasteiger partial charge in [-0.15, -0.1) is 0 Å². The average Bonchev–Trinajstić information content (AvgIpc) is 2.56. The zero-order valence-electron chi connectivity index (χ0n) is 14.1. The van der Waals surface area contributed by atoms with Gasteiger partial charge in [-0.1, -0.05) is 63.6 Å². The van der Waals surface area contributed by atoms with E-state index >= 15 is 0 Å². The Hall–Kier alpha value is -1.02. The van der Waals surface area contributed by atoms with Gasteiger partial charge in [-0.3, -0.25) is 0 Å². The van der Waals surface area contributed by atoms with Crippen LogP contribution in [0.5, 0.6) is 5.75 Å². The molecule has 0 saturated carbocycles. The van der Waals surface area contributed by atoms with Crippen LogP contribution in [0.2, 0.25) is 0 Å². The Bertz CT molecular complexity index is 324. The molecule has 1 aromatic carbocycles. The van der Waals surface area contributed by atoms with E-state index in [1.165, 1.54) is 51.4 Å². The van der Waals surface area contributed by atoms with Crippen molar-refractivity contribution in [2.45, 2.75) is 64.2 Å². The summed E-state index contributed by atoms with van der Waals surface area (Å²) in [6.07, 6.45) is 12.3. The Morgan fingerprint density at radius 1 is 0.636 bits per heavy atom. The van der Waals surface area contributed by atoms with Crippen molar-refractivity contribution in [1.82, 2.24) is 0 Å². The highest BCUT2D eigenvalue weighted by molar-refractivity contribution is 5.20. The maximum atomic E-state index is 5.67. The van der Waals surface area contributed by atoms with E-state index in [4.69, 9.17) is 9.47 Å². The lowest BCUT2D eigenvalue weighted by molar-refractivity contribution is 0.125. The predicted octanol–water partition coefficient (Wildman–Crippen LogP) is 5.82. The molecule has 1 radical (unpaired) electrons. The molecule has 1 rings (SSSR count). The number of hydrogen-bond donors (Lipinski definition) is 0. The summed E-state index contributed by atoms with van der Waals surface area (Å²) in [5.41, 5.74) is 0. The Kier molecular flexibility index (Phi) is 12.9. The Balaban J connectivity index is 1.73. The van der Waals surface area contributed by atoms with E-state index in [-0.39, 0.29) is 0 Å². The van der Waals surface area contributed by atoms with Gasteiger partial charge in [0.1, 0.15) is 5.75 Å². The molecule has 0 aliphatic carbocycles. The van der Waals surface area contributed by atoms with E-state index in [0.717, 1.165) is 38.4 Å². The minimum absolute atomic E-state index is 0.818. The highest BCUT2D eigenvalue weighted by Crippen LogP contribution is 2.10. The molecule has 2 heteroatoms. The molecule has 0 N–H and O–H groups in total. The Morgan fingerprint density at radius 3 is 1.82 bits per heavy atom. The minimum Gasteiger partial charge on any atom is -0.494 e. The Morgan fingerprint density at radius 2 is 1.18 bits per heavy atom. The van der Waals surface area contributed by atoms with E-state index < -0.39 is 0 Å². The standard InChI is InChI=1S/C20H33O2/c1-2-3-4-5-6-12-17-21-18-13-7-8-14-19-22-20-15-10-9-11-16-20/h9-11,15-16H,1-8,12-14,17-19H2. The van der Waals surface area contributed by atoms with Crippen LogP contribution in [0.15, 0.2) is 30.3 Å². The maximum absolute atomic E-state index is 5.67. The fraction of sp³-hybridized carbons (Fsp3) is 0.650. The number of ether oxygens (including phenoxy) is 2. The van der Waals surface area contributed by atoms with Gasteiger partial charge in [-0.2, -0.15) is 0 Å². The quantitative estimate of drug-likeness (QED) is 0.380. The lowest BCUT2D eigenvalue weighted by Crippen LogP contribution is -1.99. The summed E-state index contributed by atoms with van der Waals surface area (Å²) in [6.45, 7) is 6.53. The van der Waals surface area contributed by atoms with Gasteiger partial charge in [0, 0.05) is 13.2 Å². The highest BCUT2D eigenvalue weighted by atomic mass is 16.5. The van der Waals surface area contributed by atoms with Crippen LogP contribution in [0, 0.1) is 6.92 Å². The fourth-order valence-electron chi connectivity index (χ4n) is 2.38. The molecule has 0 aromatic heterocycles. The van der Waals surface area contributed by atoms with Gasteiger partial charge in [0.25, 0.3) is 0 Å². The van der Waals surface area contributed by atoms with E-state index in [1.54, 1.807) is 0 Å². The lowest BCUT2D eigenvalue weighted by Gasteiger charge is -2.06. The topological polar surface area (TPSA) is 18.5 Å². The molecular weight excluding hydrogens is 272 g/mol. The Labute approximate surface area is 137 Å². The fourth-order valence-corrected chi connectivity index (χ4v) is 2.38. The summed E-state index contributed by atoms with van der Waals surface area (Å²) in [6, 6.07) is 10.0. The minimum atomic E-state index is 0.818. The van der Waals surface area contributed by atoms with Gasteiger partial charge in [0.05, 0.1) is 6.61 Å². The molecule has 0 atom stereocenters. The monoisotopic (exact) mass is 305 g/mol. The summed E-state index contributed by atoms with van der Waals surface area (Å²) in [7, 11) is 0. The van der Waals surface area contributed by atoms with Crippen molar-refractivity contribution in [3.05, 3.63) is 37.3 Å². The predicted molar refractivity (Wildman–Crippen MR) is 94.3 cm³/mol. The number of hydrogen-bond acceptors (Lipinski definition) is 2. The molecular formula is C20H33O2. The van der Waals surface area contributed by atoms with Crippen LogP contribution in [-0.4, -0.2) is 19.8 Å². The summed E-state index contributed by atoms with van der Waals surface area (Å²) in [5, 5.41) is 0. The molecule has 0 amide bonds. The number of para-hydroxylation sites is 1. The van der Waals surface area contributed by atoms with E-state index in [9.17, 15) is 0 Å². The average molecular weight is 305 g/mol. The summed E-state index contributed by atoms with van der Waals surface area (Å²) in [5.74, 6) is 0.973. The van der Waals surface area contributed by atoms with Crippen LogP contribution >= 0.6 is 0 Å². The normalized spacial score (nSPS) is 10.8. The van der Waals surface area contributed by atoms with E-state index in [0.29, 0.717) is 0 Å². The first-order valence-electron chi connectivity index (χ1n) is 8.98. The van der Waals surface area contributed by atoms with E-state index in [1.807, 2.05) is 30.3 Å². The van der Waals surface area contributed by atoms with Gasteiger partial charge in [-0.25, -0.2) is 0 Å². The van der Waals surface area contributed by atoms with Crippen molar-refractivity contribution < 1.29 is 9.47 Å². The van der Waals surface area contributed by atoms with Crippen LogP contribution in [-0.2, 0) is 4.74 Å². The molecule has 0 bridgehead atoms. The molecule has 0 unspecified atom stereocenters. The van der Waals surface area contributed by atoms with Crippen molar-refractivity contribution >= 4 is 0 Å². The molecule has 1 aromatic rings. The van der Waals surface area contributed by atoms with Crippen LogP contribution in [0.1, 0.15) is 64.2 Å². The second-order valence-electron chi connectivity index (χ2n) is 5.81. The molecule has 0 spiro atoms. The maximum Gasteiger partial charge on any atom is 0.119 e. The molecule has 125 valence electrons. The van der Waals surface area contributed by atoms with Crippen LogP contribution < -0.4 is 4.74 Å². The smallest absolute Gasteiger partial charge is 0.119 e. The first-order chi connectivity index (χ1) is 10.9. The van der Waals surface area contributed by atoms with Crippen molar-refractivity contribution in [1.29, 1.82) is 0 Å². The second kappa shape index (κ2) is 14.9. The van der Waals surface area contributed by atoms with Crippen LogP contribution in [0.3, 0.4) is 0 Å². The van der Waals surface area contributed by atoms with Gasteiger partial charge in [0.2, 0.25) is 0 Å². The molecule has 0 aliphatic rings. The van der Waals surface area contributed by atoms with Gasteiger partial charge < -0.3 is 9.47 Å². The largest absolute Gasteiger partial charge is 0.494 e. The van der Waals surface area contributed by atoms with Crippen molar-refractivity contribution in [2.24, 2.45) is 0 Å². The molecule has 2 nitrogen and oxygen atoms in total. The number of unbranched alkanes of at least 4 members (excludes halogenated alkanes) is 8. The van der Waals surface area contributed by atoms with Crippen molar-refractivity contribution in [2.75, 3.05) is 19.8 Å². The van der Waals surface area contributed by atoms with Gasteiger partial charge in [0.15, 0.2) is 0 Å². The molecule has 22 heavy (non-hydrogen) atoms. The van der Waals surface area contributed by atoms with Crippen LogP contribution in [0.4, 0.5) is 0 Å². The molecule has 0 fully saturated rings. The highest BCUT2D eigenvalue weighted by Gasteiger charge is 1.94. The van der Waals surface area contributed by atoms with Crippen LogP contribution in [0.25, 0.3) is 0 Å². The van der Waals surface area contributed by atoms with E-state index in [2.05, 4.69) is 6.92 Å². The third-order valence-electron chi connectivity index (χ3n) is 3.73. The summed E-state index contributed by atoms with van der Waals surface area (Å²) >= 11 is 0. The first-order valence-corrected chi connectivity index (χ1v) is 8.98. The van der Waals surface area contributed by atoms with Gasteiger partial charge >= 0.3 is 0 Å². The third kappa shape index (κ3) is 11.6. The molecule has 0 aliphatic heterocycles. The zero-order chi connectivity index (χ0) is 15.7. The van der Waals surface area contributed by atoms with Gasteiger partial charge in [-0.05, 0) is 37.8 Å². The zero-order valence-corrected chi connectivity index (χ0v) is 14.1. The first kappa shape index (κ1) is 19.0. The summed E-state index contributed by atoms with van der Waals surface area (Å²) < 4.78 is 11.3. The van der Waals surface area contributed by atoms with Crippen molar-refractivity contribution in [3.63, 3.8) is 0 Å². The van der Waals surface area contributed by atoms with Crippen molar-refractivity contribution in [3.8, 4) is 5.75 Å². The lowest BCUT2D eigenvalue weighted by atomic mass is 10.1. The molecule has 0 saturated heterocycles. The molecule has 0 heterocycles. The second-order valence-corrected chi connectivity index (χ2v) is 5.81. The third-order valence-corrected chi connectivity index (χ3v) is 3.73. The number of rotatable bonds is 15. The number of benzene rings is 1. The summed E-state index contributed by atoms with van der Waals surface area (Å²) in [4.78, 5) is 0.